The molecule has 0 saturated carbocycles. The Balaban J connectivity index is 1.65. The standard InChI is InChI=1S/C71H72N2O21S/c1-14-37-85-56-44-67(64(78)83-12,71(81,90-42-19-6)63(88-40-17-4)61-59(73(48(9)76)49(10)77)57(86-38-15-2)45-68(93-61,65(79)84-13)95-53-33-27-22-28-34-53)92-60(58(56)72(46(7)74)47(8)75)62(87-39-16-3)70(80,89-41-18-5)66-91-55-36-35-52(82-11)43-54(55)69(94-66,50-29-23-20-24-30-50)51-31-25-21-26-32-51/h1-6,20-36,43,56-63,66,80-81H,37-42,44-45H2,7-13H3/t56-,57-,58+,59+,60+,61+,62-,63-,66?,67?,68-,70+,71+/m0/s1. The minimum absolute atomic E-state index is 0.0262. The first-order valence-corrected chi connectivity index (χ1v) is 30.2. The van der Waals surface area contributed by atoms with Crippen LogP contribution in [0.1, 0.15) is 57.2 Å². The van der Waals surface area contributed by atoms with E-state index in [0.717, 1.165) is 53.7 Å². The van der Waals surface area contributed by atoms with Crippen molar-refractivity contribution in [1.29, 1.82) is 0 Å². The summed E-state index contributed by atoms with van der Waals surface area (Å²) in [6.07, 6.45) is 18.3. The molecule has 3 heterocycles. The predicted octanol–water partition coefficient (Wildman–Crippen LogP) is 4.15. The van der Waals surface area contributed by atoms with Gasteiger partial charge in [0.1, 0.15) is 75.6 Å². The Labute approximate surface area is 555 Å². The molecule has 2 fully saturated rings. The zero-order valence-corrected chi connectivity index (χ0v) is 54.0. The average Bonchev–Trinajstić information content (AvgIpc) is 0.708. The topological polar surface area (TPSA) is 269 Å². The number of terminal acetylenes is 6. The largest absolute Gasteiger partial charge is 0.497 e. The van der Waals surface area contributed by atoms with Crippen molar-refractivity contribution in [3.8, 4) is 85.6 Å². The number of carbonyl (C=O) groups excluding carboxylic acids is 6. The fraction of sp³-hybridized carbons (Fsp3) is 0.408. The highest BCUT2D eigenvalue weighted by Gasteiger charge is 2.75. The van der Waals surface area contributed by atoms with Gasteiger partial charge in [0.2, 0.25) is 39.9 Å². The fourth-order valence-corrected chi connectivity index (χ4v) is 13.6. The molecule has 4 amide bonds. The van der Waals surface area contributed by atoms with Gasteiger partial charge in [-0.3, -0.25) is 29.0 Å². The van der Waals surface area contributed by atoms with Crippen molar-refractivity contribution >= 4 is 47.3 Å². The molecule has 24 heteroatoms. The van der Waals surface area contributed by atoms with Crippen molar-refractivity contribution in [2.24, 2.45) is 0 Å². The second kappa shape index (κ2) is 32.4. The maximum Gasteiger partial charge on any atom is 0.349 e. The van der Waals surface area contributed by atoms with Gasteiger partial charge in [-0.2, -0.15) is 0 Å². The number of rotatable bonds is 27. The number of hydrogen-bond donors (Lipinski definition) is 2. The van der Waals surface area contributed by atoms with Crippen molar-refractivity contribution in [2.75, 3.05) is 61.0 Å². The van der Waals surface area contributed by atoms with Crippen LogP contribution in [-0.2, 0) is 86.5 Å². The van der Waals surface area contributed by atoms with Crippen LogP contribution < -0.4 is 9.47 Å². The number of aliphatic hydroxyl groups is 2. The quantitative estimate of drug-likeness (QED) is 0.0482. The second-order valence-electron chi connectivity index (χ2n) is 21.6. The fourth-order valence-electron chi connectivity index (χ4n) is 12.3. The summed E-state index contributed by atoms with van der Waals surface area (Å²) in [5.74, 6) is 0.416. The molecule has 0 bridgehead atoms. The zero-order valence-electron chi connectivity index (χ0n) is 53.2. The molecule has 0 spiro atoms. The first-order valence-electron chi connectivity index (χ1n) is 29.4. The Kier molecular flexibility index (Phi) is 25.0. The summed E-state index contributed by atoms with van der Waals surface area (Å²) in [5.41, 5.74) is -4.12. The third kappa shape index (κ3) is 14.8. The smallest absolute Gasteiger partial charge is 0.349 e. The van der Waals surface area contributed by atoms with Gasteiger partial charge in [0.15, 0.2) is 5.60 Å². The first kappa shape index (κ1) is 73.4. The number of nitrogens with zero attached hydrogens (tertiary/aromatic N) is 2. The lowest BCUT2D eigenvalue weighted by Gasteiger charge is -2.59. The van der Waals surface area contributed by atoms with E-state index in [4.69, 9.17) is 100 Å². The van der Waals surface area contributed by atoms with E-state index in [9.17, 15) is 34.2 Å². The van der Waals surface area contributed by atoms with Crippen LogP contribution in [0.4, 0.5) is 0 Å². The maximum absolute atomic E-state index is 16.1. The monoisotopic (exact) mass is 1320 g/mol. The minimum atomic E-state index is -3.77. The average molecular weight is 1320 g/mol. The van der Waals surface area contributed by atoms with E-state index in [2.05, 4.69) is 35.5 Å². The third-order valence-corrected chi connectivity index (χ3v) is 17.3. The van der Waals surface area contributed by atoms with E-state index in [-0.39, 0.29) is 5.75 Å². The lowest BCUT2D eigenvalue weighted by atomic mass is 9.73. The molecular formula is C71H72N2O21S. The van der Waals surface area contributed by atoms with E-state index in [1.54, 1.807) is 103 Å². The first-order chi connectivity index (χ1) is 45.6. The molecule has 3 aliphatic heterocycles. The van der Waals surface area contributed by atoms with E-state index < -0.39 is 171 Å². The number of ether oxygens (including phenoxy) is 13. The number of hydrogen-bond acceptors (Lipinski definition) is 22. The molecule has 7 rings (SSSR count). The van der Waals surface area contributed by atoms with Crippen LogP contribution in [0.25, 0.3) is 0 Å². The third-order valence-electron chi connectivity index (χ3n) is 16.0. The van der Waals surface area contributed by atoms with E-state index in [0.29, 0.717) is 37.1 Å². The number of esters is 2. The molecule has 13 atom stereocenters. The summed E-state index contributed by atoms with van der Waals surface area (Å²) in [4.78, 5) is 87.5. The van der Waals surface area contributed by atoms with Gasteiger partial charge in [-0.25, -0.2) is 9.59 Å². The minimum Gasteiger partial charge on any atom is -0.497 e. The molecule has 95 heavy (non-hydrogen) atoms. The van der Waals surface area contributed by atoms with Gasteiger partial charge in [0.05, 0.1) is 45.6 Å². The van der Waals surface area contributed by atoms with Gasteiger partial charge in [-0.05, 0) is 41.5 Å². The molecule has 3 aliphatic rings. The Bertz CT molecular complexity index is 3600. The Morgan fingerprint density at radius 2 is 1.04 bits per heavy atom. The Morgan fingerprint density at radius 1 is 0.579 bits per heavy atom. The molecule has 4 aromatic carbocycles. The highest BCUT2D eigenvalue weighted by molar-refractivity contribution is 8.01. The van der Waals surface area contributed by atoms with Gasteiger partial charge in [0, 0.05) is 51.0 Å². The number of thioether (sulfide) groups is 1. The van der Waals surface area contributed by atoms with Crippen molar-refractivity contribution in [3.63, 3.8) is 0 Å². The summed E-state index contributed by atoms with van der Waals surface area (Å²) in [7, 11) is 3.36. The van der Waals surface area contributed by atoms with Gasteiger partial charge in [-0.1, -0.05) is 126 Å². The summed E-state index contributed by atoms with van der Waals surface area (Å²) >= 11 is 0.762. The SMILES string of the molecule is C#CCO[C@H]1CC(C(=O)OC)([C@](O)(OCC#C)[C@@H](OCC#C)[C@@H]2O[C@@](Sc3ccccc3)(C(=O)OC)C[C@H](OCC#C)[C@H]2N(C(C)=O)C(C)=O)O[C@@H]([C@H](OCC#C)[C@@](O)(OCC#C)C2Oc3ccc(OC)cc3C(c3ccccc3)(c3ccccc3)O2)[C@@H]1N(C(C)=O)C(C)=O. The van der Waals surface area contributed by atoms with Crippen molar-refractivity contribution < 1.29 is 101 Å². The van der Waals surface area contributed by atoms with E-state index >= 15 is 4.79 Å². The van der Waals surface area contributed by atoms with Crippen LogP contribution in [0.3, 0.4) is 0 Å². The molecule has 23 nitrogen and oxygen atoms in total. The summed E-state index contributed by atoms with van der Waals surface area (Å²) in [5, 5.41) is 29.0. The van der Waals surface area contributed by atoms with Gasteiger partial charge >= 0.3 is 11.9 Å². The molecular weight excluding hydrogens is 1250 g/mol. The lowest BCUT2D eigenvalue weighted by molar-refractivity contribution is -0.411. The van der Waals surface area contributed by atoms with Crippen LogP contribution in [-0.4, -0.2) is 194 Å². The van der Waals surface area contributed by atoms with Crippen molar-refractivity contribution in [1.82, 2.24) is 9.80 Å². The van der Waals surface area contributed by atoms with Crippen LogP contribution in [0.2, 0.25) is 0 Å². The van der Waals surface area contributed by atoms with Crippen LogP contribution in [0, 0.1) is 74.1 Å². The molecule has 2 unspecified atom stereocenters. The molecule has 498 valence electrons. The highest BCUT2D eigenvalue weighted by Crippen LogP contribution is 2.55. The summed E-state index contributed by atoms with van der Waals surface area (Å²) in [6.45, 7) is -0.864. The highest BCUT2D eigenvalue weighted by atomic mass is 32.2. The Morgan fingerprint density at radius 3 is 1.52 bits per heavy atom. The molecule has 2 N–H and O–H groups in total. The van der Waals surface area contributed by atoms with Crippen LogP contribution >= 0.6 is 11.8 Å². The number of methoxy groups -OCH3 is 3. The van der Waals surface area contributed by atoms with Crippen LogP contribution in [0.5, 0.6) is 11.5 Å². The van der Waals surface area contributed by atoms with Gasteiger partial charge in [-0.15, -0.1) is 38.5 Å². The predicted molar refractivity (Wildman–Crippen MR) is 340 cm³/mol. The second-order valence-corrected chi connectivity index (χ2v) is 22.9. The summed E-state index contributed by atoms with van der Waals surface area (Å²) < 4.78 is 83.8. The molecule has 0 radical (unpaired) electrons. The summed E-state index contributed by atoms with van der Waals surface area (Å²) in [6, 6.07) is 26.4. The van der Waals surface area contributed by atoms with E-state index in [1.807, 2.05) is 0 Å². The number of fused-ring (bicyclic) bond motifs is 1. The lowest BCUT2D eigenvalue weighted by Crippen LogP contribution is -2.81. The molecule has 2 saturated heterocycles. The normalized spacial score (nSPS) is 24.4. The van der Waals surface area contributed by atoms with Crippen molar-refractivity contribution in [2.45, 2.75) is 128 Å². The number of carbonyl (C=O) groups is 6. The van der Waals surface area contributed by atoms with Gasteiger partial charge < -0.3 is 71.8 Å². The number of amides is 4. The maximum atomic E-state index is 16.1. The molecule has 0 aliphatic carbocycles. The van der Waals surface area contributed by atoms with Crippen LogP contribution in [0.15, 0.2) is 114 Å². The molecule has 0 aromatic heterocycles. The van der Waals surface area contributed by atoms with Gasteiger partial charge in [0.25, 0.3) is 12.1 Å². The van der Waals surface area contributed by atoms with Crippen molar-refractivity contribution in [3.05, 3.63) is 126 Å². The number of imide groups is 2. The zero-order chi connectivity index (χ0) is 69.3. The molecule has 4 aromatic rings. The number of benzene rings is 4. The Hall–Kier alpha value is -9.03. The van der Waals surface area contributed by atoms with E-state index in [1.165, 1.54) is 13.2 Å².